The van der Waals surface area contributed by atoms with Crippen molar-refractivity contribution in [2.45, 2.75) is 24.7 Å². The zero-order valence-corrected chi connectivity index (χ0v) is 12.7. The Hall–Kier alpha value is -1.43. The van der Waals surface area contributed by atoms with Crippen LogP contribution >= 0.6 is 15.9 Å². The fraction of sp³-hybridized carbons (Fsp3) is 0.500. The van der Waals surface area contributed by atoms with Gasteiger partial charge < -0.3 is 19.3 Å². The van der Waals surface area contributed by atoms with Gasteiger partial charge in [-0.05, 0) is 28.8 Å². The smallest absolute Gasteiger partial charge is 0.304 e. The molecule has 1 aromatic rings. The van der Waals surface area contributed by atoms with Crippen LogP contribution in [0.15, 0.2) is 10.5 Å². The molecule has 108 valence electrons. The molecule has 0 spiro atoms. The van der Waals surface area contributed by atoms with Gasteiger partial charge >= 0.3 is 5.97 Å². The summed E-state index contributed by atoms with van der Waals surface area (Å²) in [5, 5.41) is 9.16. The van der Waals surface area contributed by atoms with Crippen LogP contribution in [0.4, 0.5) is 0 Å². The zero-order chi connectivity index (χ0) is 14.3. The lowest BCUT2D eigenvalue weighted by Crippen LogP contribution is -2.21. The molecule has 2 aliphatic rings. The molecule has 0 atom stereocenters. The normalized spacial score (nSPS) is 18.5. The Labute approximate surface area is 125 Å². The number of ether oxygens (including phenoxy) is 3. The molecular formula is C14H15BrO5. The van der Waals surface area contributed by atoms with E-state index in [1.807, 2.05) is 6.07 Å². The van der Waals surface area contributed by atoms with E-state index in [4.69, 9.17) is 19.3 Å². The summed E-state index contributed by atoms with van der Waals surface area (Å²) in [4.78, 5) is 11.2. The van der Waals surface area contributed by atoms with Gasteiger partial charge in [0.2, 0.25) is 0 Å². The van der Waals surface area contributed by atoms with Gasteiger partial charge in [-0.15, -0.1) is 0 Å². The molecule has 20 heavy (non-hydrogen) atoms. The van der Waals surface area contributed by atoms with Crippen molar-refractivity contribution < 1.29 is 24.1 Å². The van der Waals surface area contributed by atoms with Crippen LogP contribution in [0.2, 0.25) is 0 Å². The van der Waals surface area contributed by atoms with E-state index in [2.05, 4.69) is 15.9 Å². The first kappa shape index (κ1) is 13.5. The van der Waals surface area contributed by atoms with Crippen LogP contribution in [0, 0.1) is 0 Å². The maximum absolute atomic E-state index is 11.2. The van der Waals surface area contributed by atoms with Crippen molar-refractivity contribution in [3.8, 4) is 17.2 Å². The summed E-state index contributed by atoms with van der Waals surface area (Å²) in [6, 6.07) is 1.81. The number of aliphatic carboxylic acids is 1. The van der Waals surface area contributed by atoms with Crippen LogP contribution in [-0.2, 0) is 10.2 Å². The summed E-state index contributed by atoms with van der Waals surface area (Å²) in [5.74, 6) is 1.12. The maximum Gasteiger partial charge on any atom is 0.304 e. The van der Waals surface area contributed by atoms with Crippen LogP contribution in [0.5, 0.6) is 17.2 Å². The number of halogens is 1. The molecule has 1 saturated carbocycles. The number of methoxy groups -OCH3 is 1. The summed E-state index contributed by atoms with van der Waals surface area (Å²) in [5.41, 5.74) is 0.428. The lowest BCUT2D eigenvalue weighted by molar-refractivity contribution is -0.137. The minimum absolute atomic E-state index is 0.0790. The van der Waals surface area contributed by atoms with Gasteiger partial charge in [-0.2, -0.15) is 0 Å². The topological polar surface area (TPSA) is 65.0 Å². The molecule has 0 saturated heterocycles. The Morgan fingerprint density at radius 3 is 2.75 bits per heavy atom. The molecule has 0 unspecified atom stereocenters. The Morgan fingerprint density at radius 2 is 2.15 bits per heavy atom. The standard InChI is InChI=1S/C14H15BrO5/c1-18-12-8(15)6-9-13(20-5-4-19-9)11(12)14(2-3-14)7-10(16)17/h6H,2-5,7H2,1H3,(H,16,17). The molecule has 1 aliphatic heterocycles. The zero-order valence-electron chi connectivity index (χ0n) is 11.1. The van der Waals surface area contributed by atoms with Crippen LogP contribution in [-0.4, -0.2) is 31.4 Å². The molecule has 0 amide bonds. The third-order valence-electron chi connectivity index (χ3n) is 3.82. The summed E-state index contributed by atoms with van der Waals surface area (Å²) >= 11 is 3.46. The third kappa shape index (κ3) is 2.12. The van der Waals surface area contributed by atoms with Crippen LogP contribution in [0.3, 0.4) is 0 Å². The highest BCUT2D eigenvalue weighted by Gasteiger charge is 2.51. The first-order valence-corrected chi connectivity index (χ1v) is 7.25. The van der Waals surface area contributed by atoms with Gasteiger partial charge in [0.05, 0.1) is 18.0 Å². The molecule has 5 nitrogen and oxygen atoms in total. The van der Waals surface area contributed by atoms with E-state index < -0.39 is 11.4 Å². The van der Waals surface area contributed by atoms with Gasteiger partial charge in [0, 0.05) is 17.0 Å². The number of benzene rings is 1. The number of carbonyl (C=O) groups is 1. The Balaban J connectivity index is 2.17. The van der Waals surface area contributed by atoms with Gasteiger partial charge in [-0.1, -0.05) is 0 Å². The highest BCUT2D eigenvalue weighted by atomic mass is 79.9. The number of hydrogen-bond donors (Lipinski definition) is 1. The molecule has 3 rings (SSSR count). The fourth-order valence-corrected chi connectivity index (χ4v) is 3.34. The Bertz CT molecular complexity index is 565. The second kappa shape index (κ2) is 4.84. The average Bonchev–Trinajstić information content (AvgIpc) is 3.16. The fourth-order valence-electron chi connectivity index (χ4n) is 2.77. The SMILES string of the molecule is COc1c(Br)cc2c(c1C1(CC(=O)O)CC1)OCCO2. The summed E-state index contributed by atoms with van der Waals surface area (Å²) in [6.07, 6.45) is 1.72. The number of carboxylic acids is 1. The van der Waals surface area contributed by atoms with E-state index in [-0.39, 0.29) is 6.42 Å². The van der Waals surface area contributed by atoms with E-state index in [1.165, 1.54) is 0 Å². The molecule has 1 fully saturated rings. The lowest BCUT2D eigenvalue weighted by Gasteiger charge is -2.27. The third-order valence-corrected chi connectivity index (χ3v) is 4.41. The van der Waals surface area contributed by atoms with Crippen molar-refractivity contribution in [1.29, 1.82) is 0 Å². The second-order valence-corrected chi connectivity index (χ2v) is 6.00. The minimum Gasteiger partial charge on any atom is -0.495 e. The van der Waals surface area contributed by atoms with Crippen molar-refractivity contribution >= 4 is 21.9 Å². The molecule has 0 radical (unpaired) electrons. The number of carboxylic acid groups (broad SMARTS) is 1. The summed E-state index contributed by atoms with van der Waals surface area (Å²) in [7, 11) is 1.58. The predicted octanol–water partition coefficient (Wildman–Crippen LogP) is 2.74. The average molecular weight is 343 g/mol. The highest BCUT2D eigenvalue weighted by molar-refractivity contribution is 9.10. The van der Waals surface area contributed by atoms with Crippen LogP contribution < -0.4 is 14.2 Å². The van der Waals surface area contributed by atoms with E-state index >= 15 is 0 Å². The van der Waals surface area contributed by atoms with Gasteiger partial charge in [0.25, 0.3) is 0 Å². The maximum atomic E-state index is 11.2. The van der Waals surface area contributed by atoms with E-state index in [9.17, 15) is 4.79 Å². The van der Waals surface area contributed by atoms with Crippen molar-refractivity contribution in [2.24, 2.45) is 0 Å². The summed E-state index contributed by atoms with van der Waals surface area (Å²) in [6.45, 7) is 0.963. The summed E-state index contributed by atoms with van der Waals surface area (Å²) < 4.78 is 17.6. The lowest BCUT2D eigenvalue weighted by atomic mass is 9.90. The monoisotopic (exact) mass is 342 g/mol. The van der Waals surface area contributed by atoms with Crippen LogP contribution in [0.25, 0.3) is 0 Å². The minimum atomic E-state index is -0.810. The molecule has 1 heterocycles. The molecule has 0 bridgehead atoms. The first-order chi connectivity index (χ1) is 9.57. The van der Waals surface area contributed by atoms with Gasteiger partial charge in [-0.3, -0.25) is 4.79 Å². The van der Waals surface area contributed by atoms with E-state index in [0.29, 0.717) is 30.5 Å². The molecule has 6 heteroatoms. The highest BCUT2D eigenvalue weighted by Crippen LogP contribution is 2.60. The van der Waals surface area contributed by atoms with Crippen molar-refractivity contribution in [3.63, 3.8) is 0 Å². The molecule has 1 aromatic carbocycles. The Morgan fingerprint density at radius 1 is 1.45 bits per heavy atom. The van der Waals surface area contributed by atoms with E-state index in [0.717, 1.165) is 22.9 Å². The van der Waals surface area contributed by atoms with Gasteiger partial charge in [0.1, 0.15) is 19.0 Å². The molecule has 1 N–H and O–H groups in total. The number of rotatable bonds is 4. The second-order valence-electron chi connectivity index (χ2n) is 5.14. The molecule has 1 aliphatic carbocycles. The van der Waals surface area contributed by atoms with Crippen molar-refractivity contribution in [2.75, 3.05) is 20.3 Å². The quantitative estimate of drug-likeness (QED) is 0.911. The van der Waals surface area contributed by atoms with Crippen molar-refractivity contribution in [1.82, 2.24) is 0 Å². The number of fused-ring (bicyclic) bond motifs is 1. The molecular weight excluding hydrogens is 328 g/mol. The largest absolute Gasteiger partial charge is 0.495 e. The van der Waals surface area contributed by atoms with E-state index in [1.54, 1.807) is 7.11 Å². The first-order valence-electron chi connectivity index (χ1n) is 6.46. The number of hydrogen-bond acceptors (Lipinski definition) is 4. The van der Waals surface area contributed by atoms with Crippen LogP contribution in [0.1, 0.15) is 24.8 Å². The van der Waals surface area contributed by atoms with Gasteiger partial charge in [0.15, 0.2) is 11.5 Å². The predicted molar refractivity (Wildman–Crippen MR) is 74.8 cm³/mol. The van der Waals surface area contributed by atoms with Crippen molar-refractivity contribution in [3.05, 3.63) is 16.1 Å². The Kier molecular flexibility index (Phi) is 3.28. The molecule has 0 aromatic heterocycles. The van der Waals surface area contributed by atoms with Gasteiger partial charge in [-0.25, -0.2) is 0 Å².